The van der Waals surface area contributed by atoms with E-state index in [1.807, 2.05) is 17.0 Å². The molecule has 1 saturated heterocycles. The Morgan fingerprint density at radius 1 is 1.39 bits per heavy atom. The van der Waals surface area contributed by atoms with Gasteiger partial charge in [-0.1, -0.05) is 18.9 Å². The van der Waals surface area contributed by atoms with E-state index in [1.54, 1.807) is 19.5 Å². The highest BCUT2D eigenvalue weighted by molar-refractivity contribution is 5.86. The van der Waals surface area contributed by atoms with Crippen molar-refractivity contribution >= 4 is 11.8 Å². The van der Waals surface area contributed by atoms with Crippen LogP contribution < -0.4 is 5.32 Å². The van der Waals surface area contributed by atoms with E-state index in [4.69, 9.17) is 9.47 Å². The van der Waals surface area contributed by atoms with Crippen molar-refractivity contribution in [3.63, 3.8) is 0 Å². The van der Waals surface area contributed by atoms with Crippen LogP contribution in [0.2, 0.25) is 0 Å². The van der Waals surface area contributed by atoms with Crippen molar-refractivity contribution in [2.24, 2.45) is 5.41 Å². The molecular weight excluding hydrogens is 358 g/mol. The lowest BCUT2D eigenvalue weighted by Crippen LogP contribution is -2.56. The van der Waals surface area contributed by atoms with Crippen molar-refractivity contribution in [3.05, 3.63) is 30.1 Å². The highest BCUT2D eigenvalue weighted by Crippen LogP contribution is 2.40. The van der Waals surface area contributed by atoms with Gasteiger partial charge in [0.15, 0.2) is 6.10 Å². The first-order chi connectivity index (χ1) is 13.6. The molecule has 3 aliphatic rings. The molecule has 0 unspecified atom stereocenters. The maximum Gasteiger partial charge on any atom is 0.251 e. The molecule has 3 fully saturated rings. The third-order valence-corrected chi connectivity index (χ3v) is 6.24. The van der Waals surface area contributed by atoms with Gasteiger partial charge in [-0.3, -0.25) is 14.6 Å². The van der Waals surface area contributed by atoms with Crippen LogP contribution in [-0.2, 0) is 19.1 Å². The number of rotatable bonds is 7. The number of methoxy groups -OCH3 is 1. The zero-order valence-corrected chi connectivity index (χ0v) is 16.4. The minimum Gasteiger partial charge on any atom is -0.384 e. The van der Waals surface area contributed by atoms with E-state index in [-0.39, 0.29) is 29.9 Å². The first-order valence-corrected chi connectivity index (χ1v) is 10.2. The quantitative estimate of drug-likeness (QED) is 0.772. The number of carbonyl (C=O) groups is 2. The SMILES string of the molecule is COCC1(CNC(=O)[C@H]2OCC(=O)N(C3CC3)[C@@H]2c2cccnc2)CCCC1. The lowest BCUT2D eigenvalue weighted by molar-refractivity contribution is -0.165. The van der Waals surface area contributed by atoms with Gasteiger partial charge < -0.3 is 19.7 Å². The number of morpholine rings is 1. The van der Waals surface area contributed by atoms with Crippen LogP contribution in [0.25, 0.3) is 0 Å². The molecule has 0 bridgehead atoms. The van der Waals surface area contributed by atoms with Gasteiger partial charge in [-0.05, 0) is 37.3 Å². The third kappa shape index (κ3) is 3.91. The molecule has 1 aliphatic heterocycles. The summed E-state index contributed by atoms with van der Waals surface area (Å²) in [6.45, 7) is 1.18. The summed E-state index contributed by atoms with van der Waals surface area (Å²) in [7, 11) is 1.71. The fourth-order valence-electron chi connectivity index (χ4n) is 4.70. The molecule has 7 heteroatoms. The fourth-order valence-corrected chi connectivity index (χ4v) is 4.70. The molecule has 2 aliphatic carbocycles. The highest BCUT2D eigenvalue weighted by atomic mass is 16.5. The van der Waals surface area contributed by atoms with Crippen LogP contribution in [0.15, 0.2) is 24.5 Å². The van der Waals surface area contributed by atoms with Gasteiger partial charge in [-0.2, -0.15) is 0 Å². The smallest absolute Gasteiger partial charge is 0.251 e. The van der Waals surface area contributed by atoms with Crippen LogP contribution in [0, 0.1) is 5.41 Å². The zero-order valence-electron chi connectivity index (χ0n) is 16.4. The van der Waals surface area contributed by atoms with Crippen LogP contribution in [-0.4, -0.2) is 60.7 Å². The molecule has 2 saturated carbocycles. The summed E-state index contributed by atoms with van der Waals surface area (Å²) in [6.07, 6.45) is 9.12. The van der Waals surface area contributed by atoms with E-state index in [2.05, 4.69) is 10.3 Å². The highest BCUT2D eigenvalue weighted by Gasteiger charge is 2.48. The molecule has 0 spiro atoms. The molecule has 152 valence electrons. The Kier molecular flexibility index (Phi) is 5.64. The molecule has 0 radical (unpaired) electrons. The van der Waals surface area contributed by atoms with Gasteiger partial charge in [0.2, 0.25) is 5.91 Å². The first-order valence-electron chi connectivity index (χ1n) is 10.2. The average Bonchev–Trinajstić information content (AvgIpc) is 3.45. The summed E-state index contributed by atoms with van der Waals surface area (Å²) in [4.78, 5) is 31.8. The molecule has 1 N–H and O–H groups in total. The van der Waals surface area contributed by atoms with Crippen LogP contribution in [0.5, 0.6) is 0 Å². The molecule has 7 nitrogen and oxygen atoms in total. The van der Waals surface area contributed by atoms with Gasteiger partial charge in [0.25, 0.3) is 5.91 Å². The summed E-state index contributed by atoms with van der Waals surface area (Å²) < 4.78 is 11.2. The van der Waals surface area contributed by atoms with Gasteiger partial charge in [-0.15, -0.1) is 0 Å². The summed E-state index contributed by atoms with van der Waals surface area (Å²) in [5, 5.41) is 3.11. The van der Waals surface area contributed by atoms with Gasteiger partial charge in [0, 0.05) is 37.5 Å². The Bertz CT molecular complexity index is 701. The second-order valence-corrected chi connectivity index (χ2v) is 8.35. The van der Waals surface area contributed by atoms with Crippen molar-refractivity contribution < 1.29 is 19.1 Å². The normalized spacial score (nSPS) is 27.0. The van der Waals surface area contributed by atoms with Crippen molar-refractivity contribution in [3.8, 4) is 0 Å². The number of nitrogens with zero attached hydrogens (tertiary/aromatic N) is 2. The van der Waals surface area contributed by atoms with Gasteiger partial charge in [0.05, 0.1) is 12.6 Å². The number of nitrogens with one attached hydrogen (secondary N) is 1. The molecule has 4 rings (SSSR count). The summed E-state index contributed by atoms with van der Waals surface area (Å²) >= 11 is 0. The summed E-state index contributed by atoms with van der Waals surface area (Å²) in [6, 6.07) is 3.52. The largest absolute Gasteiger partial charge is 0.384 e. The van der Waals surface area contributed by atoms with Gasteiger partial charge in [0.1, 0.15) is 6.61 Å². The lowest BCUT2D eigenvalue weighted by atomic mass is 9.87. The Labute approximate surface area is 165 Å². The second kappa shape index (κ2) is 8.17. The molecule has 2 atom stereocenters. The Hall–Kier alpha value is -1.99. The number of amides is 2. The number of hydrogen-bond donors (Lipinski definition) is 1. The van der Waals surface area contributed by atoms with E-state index in [1.165, 1.54) is 12.8 Å². The first kappa shape index (κ1) is 19.3. The number of ether oxygens (including phenoxy) is 2. The Morgan fingerprint density at radius 2 is 2.18 bits per heavy atom. The van der Waals surface area contributed by atoms with E-state index in [9.17, 15) is 9.59 Å². The molecule has 1 aromatic heterocycles. The number of aromatic nitrogens is 1. The molecule has 1 aromatic rings. The zero-order chi connectivity index (χ0) is 19.6. The predicted molar refractivity (Wildman–Crippen MR) is 102 cm³/mol. The van der Waals surface area contributed by atoms with Crippen LogP contribution in [0.3, 0.4) is 0 Å². The summed E-state index contributed by atoms with van der Waals surface area (Å²) in [5.41, 5.74) is 0.851. The van der Waals surface area contributed by atoms with E-state index >= 15 is 0 Å². The maximum absolute atomic E-state index is 13.1. The molecule has 2 heterocycles. The van der Waals surface area contributed by atoms with Crippen LogP contribution in [0.1, 0.15) is 50.1 Å². The lowest BCUT2D eigenvalue weighted by Gasteiger charge is -2.41. The Balaban J connectivity index is 1.52. The molecule has 0 aromatic carbocycles. The van der Waals surface area contributed by atoms with Crippen LogP contribution in [0.4, 0.5) is 0 Å². The van der Waals surface area contributed by atoms with Gasteiger partial charge in [-0.25, -0.2) is 0 Å². The monoisotopic (exact) mass is 387 g/mol. The van der Waals surface area contributed by atoms with Crippen molar-refractivity contribution in [2.75, 3.05) is 26.9 Å². The van der Waals surface area contributed by atoms with Crippen LogP contribution >= 0.6 is 0 Å². The topological polar surface area (TPSA) is 80.8 Å². The Morgan fingerprint density at radius 3 is 2.82 bits per heavy atom. The fraction of sp³-hybridized carbons (Fsp3) is 0.667. The average molecular weight is 387 g/mol. The predicted octanol–water partition coefficient (Wildman–Crippen LogP) is 1.84. The molecular formula is C21H29N3O4. The third-order valence-electron chi connectivity index (χ3n) is 6.24. The van der Waals surface area contributed by atoms with Crippen molar-refractivity contribution in [2.45, 2.75) is 56.7 Å². The van der Waals surface area contributed by atoms with Crippen molar-refractivity contribution in [1.29, 1.82) is 0 Å². The standard InChI is InChI=1S/C21H29N3O4/c1-27-14-21(8-2-3-9-21)13-23-20(26)19-18(15-5-4-10-22-11-15)24(16-6-7-16)17(25)12-28-19/h4-5,10-11,16,18-19H,2-3,6-9,12-14H2,1H3,(H,23,26)/t18-,19+/m1/s1. The second-order valence-electron chi connectivity index (χ2n) is 8.35. The van der Waals surface area contributed by atoms with E-state index in [0.29, 0.717) is 13.2 Å². The van der Waals surface area contributed by atoms with E-state index < -0.39 is 12.1 Å². The number of carbonyl (C=O) groups excluding carboxylic acids is 2. The van der Waals surface area contributed by atoms with Crippen molar-refractivity contribution in [1.82, 2.24) is 15.2 Å². The van der Waals surface area contributed by atoms with Gasteiger partial charge >= 0.3 is 0 Å². The van der Waals surface area contributed by atoms with E-state index in [0.717, 1.165) is 31.2 Å². The maximum atomic E-state index is 13.1. The number of pyridine rings is 1. The minimum atomic E-state index is -0.719. The minimum absolute atomic E-state index is 0.00880. The molecule has 2 amide bonds. The number of hydrogen-bond acceptors (Lipinski definition) is 5. The summed E-state index contributed by atoms with van der Waals surface area (Å²) in [5.74, 6) is -0.207. The molecule has 28 heavy (non-hydrogen) atoms.